The molecule has 2 rings (SSSR count). The van der Waals surface area contributed by atoms with E-state index in [9.17, 15) is 0 Å². The Balaban J connectivity index is 1.96. The molecule has 2 nitrogen and oxygen atoms in total. The molecule has 0 aromatic rings. The standard InChI is InChI=1S/C15H30N2/c1-12-7-14(9-15(2,3)8-12)17-6-4-5-13(10-16)11-17/h12-14H,4-11,16H2,1-3H3/t12-,13+,14-/m1/s1. The smallest absolute Gasteiger partial charge is 0.0103 e. The summed E-state index contributed by atoms with van der Waals surface area (Å²) in [6, 6.07) is 0.822. The summed E-state index contributed by atoms with van der Waals surface area (Å²) in [5, 5.41) is 0. The van der Waals surface area contributed by atoms with E-state index in [0.717, 1.165) is 24.4 Å². The van der Waals surface area contributed by atoms with Crippen molar-refractivity contribution in [3.05, 3.63) is 0 Å². The molecule has 1 saturated heterocycles. The third-order valence-electron chi connectivity index (χ3n) is 4.76. The highest BCUT2D eigenvalue weighted by Gasteiger charge is 2.36. The summed E-state index contributed by atoms with van der Waals surface area (Å²) in [7, 11) is 0. The molecule has 1 aliphatic carbocycles. The van der Waals surface area contributed by atoms with Crippen LogP contribution in [-0.2, 0) is 0 Å². The van der Waals surface area contributed by atoms with Crippen LogP contribution in [-0.4, -0.2) is 30.6 Å². The number of likely N-dealkylation sites (tertiary alicyclic amines) is 1. The zero-order valence-electron chi connectivity index (χ0n) is 11.9. The Morgan fingerprint density at radius 3 is 2.71 bits per heavy atom. The second-order valence-corrected chi connectivity index (χ2v) is 7.31. The molecule has 0 amide bonds. The predicted molar refractivity (Wildman–Crippen MR) is 73.9 cm³/mol. The Hall–Kier alpha value is -0.0800. The fourth-order valence-electron chi connectivity index (χ4n) is 4.20. The first-order chi connectivity index (χ1) is 8.00. The van der Waals surface area contributed by atoms with E-state index in [-0.39, 0.29) is 0 Å². The fraction of sp³-hybridized carbons (Fsp3) is 1.00. The van der Waals surface area contributed by atoms with Crippen molar-refractivity contribution in [2.24, 2.45) is 23.0 Å². The van der Waals surface area contributed by atoms with E-state index >= 15 is 0 Å². The Kier molecular flexibility index (Phi) is 4.14. The molecule has 2 fully saturated rings. The number of rotatable bonds is 2. The average Bonchev–Trinajstić information content (AvgIpc) is 2.26. The van der Waals surface area contributed by atoms with Crippen molar-refractivity contribution in [1.29, 1.82) is 0 Å². The van der Waals surface area contributed by atoms with Crippen LogP contribution in [0.5, 0.6) is 0 Å². The molecule has 1 saturated carbocycles. The molecular weight excluding hydrogens is 208 g/mol. The molecule has 2 N–H and O–H groups in total. The van der Waals surface area contributed by atoms with E-state index in [2.05, 4.69) is 25.7 Å². The maximum Gasteiger partial charge on any atom is 0.0103 e. The quantitative estimate of drug-likeness (QED) is 0.801. The highest BCUT2D eigenvalue weighted by molar-refractivity contribution is 4.89. The Morgan fingerprint density at radius 2 is 2.06 bits per heavy atom. The van der Waals surface area contributed by atoms with Crippen molar-refractivity contribution in [3.63, 3.8) is 0 Å². The summed E-state index contributed by atoms with van der Waals surface area (Å²) in [5.41, 5.74) is 6.39. The van der Waals surface area contributed by atoms with Gasteiger partial charge in [-0.15, -0.1) is 0 Å². The van der Waals surface area contributed by atoms with E-state index < -0.39 is 0 Å². The molecule has 3 atom stereocenters. The third kappa shape index (κ3) is 3.45. The van der Waals surface area contributed by atoms with Crippen LogP contribution in [0.1, 0.15) is 52.9 Å². The molecule has 0 unspecified atom stereocenters. The van der Waals surface area contributed by atoms with Gasteiger partial charge in [0, 0.05) is 12.6 Å². The highest BCUT2D eigenvalue weighted by Crippen LogP contribution is 2.41. The van der Waals surface area contributed by atoms with Gasteiger partial charge >= 0.3 is 0 Å². The first kappa shape index (κ1) is 13.4. The van der Waals surface area contributed by atoms with E-state index in [4.69, 9.17) is 5.73 Å². The van der Waals surface area contributed by atoms with Crippen LogP contribution in [0.4, 0.5) is 0 Å². The van der Waals surface area contributed by atoms with Crippen LogP contribution >= 0.6 is 0 Å². The molecule has 0 radical (unpaired) electrons. The van der Waals surface area contributed by atoms with Gasteiger partial charge in [-0.1, -0.05) is 20.8 Å². The van der Waals surface area contributed by atoms with Crippen LogP contribution in [0.2, 0.25) is 0 Å². The number of hydrogen-bond donors (Lipinski definition) is 1. The third-order valence-corrected chi connectivity index (χ3v) is 4.76. The van der Waals surface area contributed by atoms with Crippen molar-refractivity contribution < 1.29 is 0 Å². The minimum atomic E-state index is 0.540. The zero-order valence-corrected chi connectivity index (χ0v) is 11.9. The maximum absolute atomic E-state index is 5.85. The molecule has 0 bridgehead atoms. The van der Waals surface area contributed by atoms with Crippen LogP contribution < -0.4 is 5.73 Å². The molecule has 0 aromatic heterocycles. The normalized spacial score (nSPS) is 39.2. The van der Waals surface area contributed by atoms with Crippen LogP contribution in [0.15, 0.2) is 0 Å². The van der Waals surface area contributed by atoms with Gasteiger partial charge in [-0.2, -0.15) is 0 Å². The minimum absolute atomic E-state index is 0.540. The van der Waals surface area contributed by atoms with Gasteiger partial charge in [-0.25, -0.2) is 0 Å². The molecule has 2 aliphatic rings. The summed E-state index contributed by atoms with van der Waals surface area (Å²) in [6.07, 6.45) is 6.89. The first-order valence-corrected chi connectivity index (χ1v) is 7.44. The minimum Gasteiger partial charge on any atom is -0.330 e. The van der Waals surface area contributed by atoms with Gasteiger partial charge in [0.25, 0.3) is 0 Å². The SMILES string of the molecule is C[C@@H]1C[C@@H](N2CCC[C@@H](CN)C2)CC(C)(C)C1. The lowest BCUT2D eigenvalue weighted by Gasteiger charge is -2.46. The molecule has 0 spiro atoms. The molecule has 1 aliphatic heterocycles. The maximum atomic E-state index is 5.85. The van der Waals surface area contributed by atoms with Crippen molar-refractivity contribution >= 4 is 0 Å². The lowest BCUT2D eigenvalue weighted by molar-refractivity contribution is 0.0406. The second-order valence-electron chi connectivity index (χ2n) is 7.31. The number of hydrogen-bond acceptors (Lipinski definition) is 2. The van der Waals surface area contributed by atoms with Crippen LogP contribution in [0.3, 0.4) is 0 Å². The van der Waals surface area contributed by atoms with Crippen molar-refractivity contribution in [3.8, 4) is 0 Å². The first-order valence-electron chi connectivity index (χ1n) is 7.44. The lowest BCUT2D eigenvalue weighted by Crippen LogP contribution is -2.48. The van der Waals surface area contributed by atoms with E-state index in [0.29, 0.717) is 5.41 Å². The van der Waals surface area contributed by atoms with Gasteiger partial charge in [0.1, 0.15) is 0 Å². The molecular formula is C15H30N2. The summed E-state index contributed by atoms with van der Waals surface area (Å²) >= 11 is 0. The van der Waals surface area contributed by atoms with Gasteiger partial charge in [0.05, 0.1) is 0 Å². The van der Waals surface area contributed by atoms with Gasteiger partial charge in [0.15, 0.2) is 0 Å². The molecule has 1 heterocycles. The monoisotopic (exact) mass is 238 g/mol. The van der Waals surface area contributed by atoms with E-state index in [1.165, 1.54) is 45.2 Å². The number of piperidine rings is 1. The van der Waals surface area contributed by atoms with Crippen LogP contribution in [0, 0.1) is 17.3 Å². The summed E-state index contributed by atoms with van der Waals surface area (Å²) in [4.78, 5) is 2.75. The Morgan fingerprint density at radius 1 is 1.29 bits per heavy atom. The highest BCUT2D eigenvalue weighted by atomic mass is 15.2. The fourth-order valence-corrected chi connectivity index (χ4v) is 4.20. The van der Waals surface area contributed by atoms with E-state index in [1.54, 1.807) is 0 Å². The Labute approximate surface area is 107 Å². The van der Waals surface area contributed by atoms with Gasteiger partial charge in [0.2, 0.25) is 0 Å². The van der Waals surface area contributed by atoms with Crippen LogP contribution in [0.25, 0.3) is 0 Å². The zero-order chi connectivity index (χ0) is 12.5. The molecule has 2 heteroatoms. The predicted octanol–water partition coefficient (Wildman–Crippen LogP) is 2.87. The van der Waals surface area contributed by atoms with Crippen molar-refractivity contribution in [2.75, 3.05) is 19.6 Å². The van der Waals surface area contributed by atoms with Crippen molar-refractivity contribution in [2.45, 2.75) is 58.9 Å². The molecule has 17 heavy (non-hydrogen) atoms. The largest absolute Gasteiger partial charge is 0.330 e. The van der Waals surface area contributed by atoms with Gasteiger partial charge in [-0.05, 0) is 62.4 Å². The summed E-state index contributed by atoms with van der Waals surface area (Å²) in [5.74, 6) is 1.64. The van der Waals surface area contributed by atoms with Crippen molar-refractivity contribution in [1.82, 2.24) is 4.90 Å². The summed E-state index contributed by atoms with van der Waals surface area (Å²) < 4.78 is 0. The summed E-state index contributed by atoms with van der Waals surface area (Å²) in [6.45, 7) is 10.8. The van der Waals surface area contributed by atoms with Gasteiger partial charge in [-0.3, -0.25) is 0 Å². The average molecular weight is 238 g/mol. The second kappa shape index (κ2) is 5.27. The molecule has 100 valence electrons. The lowest BCUT2D eigenvalue weighted by atomic mass is 9.70. The topological polar surface area (TPSA) is 29.3 Å². The van der Waals surface area contributed by atoms with E-state index in [1.807, 2.05) is 0 Å². The van der Waals surface area contributed by atoms with Gasteiger partial charge < -0.3 is 10.6 Å². The number of nitrogens with two attached hydrogens (primary N) is 1. The Bertz CT molecular complexity index is 249. The number of nitrogens with zero attached hydrogens (tertiary/aromatic N) is 1. The molecule has 0 aromatic carbocycles.